The highest BCUT2D eigenvalue weighted by molar-refractivity contribution is 9.12. The predicted octanol–water partition coefficient (Wildman–Crippen LogP) is 2.99. The van der Waals surface area contributed by atoms with Crippen LogP contribution in [0.5, 0.6) is 0 Å². The van der Waals surface area contributed by atoms with Gasteiger partial charge in [-0.1, -0.05) is 0 Å². The molecule has 8 heteroatoms. The zero-order chi connectivity index (χ0) is 13.4. The van der Waals surface area contributed by atoms with Gasteiger partial charge in [-0.3, -0.25) is 5.10 Å². The van der Waals surface area contributed by atoms with E-state index in [0.717, 1.165) is 50.8 Å². The summed E-state index contributed by atoms with van der Waals surface area (Å²) in [6, 6.07) is 2.35. The van der Waals surface area contributed by atoms with Crippen LogP contribution in [-0.4, -0.2) is 34.3 Å². The van der Waals surface area contributed by atoms with E-state index >= 15 is 0 Å². The molecule has 1 aliphatic rings. The Hall–Kier alpha value is -0.440. The molecule has 1 fully saturated rings. The van der Waals surface area contributed by atoms with E-state index in [1.807, 2.05) is 6.07 Å². The summed E-state index contributed by atoms with van der Waals surface area (Å²) < 4.78 is 2.11. The van der Waals surface area contributed by atoms with Crippen molar-refractivity contribution < 1.29 is 0 Å². The van der Waals surface area contributed by atoms with Crippen LogP contribution in [0, 0.1) is 0 Å². The molecule has 0 unspecified atom stereocenters. The number of rotatable bonds is 2. The average molecular weight is 407 g/mol. The fraction of sp³-hybridized carbons (Fsp3) is 0.455. The van der Waals surface area contributed by atoms with Crippen molar-refractivity contribution >= 4 is 49.1 Å². The zero-order valence-corrected chi connectivity index (χ0v) is 14.1. The van der Waals surface area contributed by atoms with Crippen LogP contribution in [-0.2, 0) is 0 Å². The summed E-state index contributed by atoms with van der Waals surface area (Å²) in [7, 11) is 0. The van der Waals surface area contributed by atoms with Crippen LogP contribution in [0.4, 0.5) is 5.95 Å². The first-order valence-corrected chi connectivity index (χ1v) is 8.42. The number of nitrogens with zero attached hydrogens (tertiary/aromatic N) is 3. The van der Waals surface area contributed by atoms with Crippen molar-refractivity contribution in [2.45, 2.75) is 18.9 Å². The number of anilines is 1. The lowest BCUT2D eigenvalue weighted by molar-refractivity contribution is 0.496. The normalized spacial score (nSPS) is 17.1. The number of hydrogen-bond acceptors (Lipinski definition) is 5. The van der Waals surface area contributed by atoms with Gasteiger partial charge >= 0.3 is 0 Å². The van der Waals surface area contributed by atoms with Gasteiger partial charge in [0.2, 0.25) is 5.95 Å². The molecule has 3 rings (SSSR count). The number of nitrogens with one attached hydrogen (secondary N) is 1. The molecule has 0 radical (unpaired) electrons. The van der Waals surface area contributed by atoms with Crippen molar-refractivity contribution in [2.24, 2.45) is 5.73 Å². The third-order valence-corrected chi connectivity index (χ3v) is 5.55. The first-order valence-electron chi connectivity index (χ1n) is 6.01. The van der Waals surface area contributed by atoms with E-state index < -0.39 is 0 Å². The van der Waals surface area contributed by atoms with Crippen molar-refractivity contribution in [3.63, 3.8) is 0 Å². The third-order valence-electron chi connectivity index (χ3n) is 3.21. The van der Waals surface area contributed by atoms with Crippen LogP contribution in [0.25, 0.3) is 11.4 Å². The number of aromatic nitrogens is 3. The number of thiophene rings is 1. The Morgan fingerprint density at radius 1 is 1.37 bits per heavy atom. The summed E-state index contributed by atoms with van der Waals surface area (Å²) in [6.07, 6.45) is 2.00. The van der Waals surface area contributed by atoms with Crippen LogP contribution in [0.3, 0.4) is 0 Å². The highest BCUT2D eigenvalue weighted by Gasteiger charge is 2.20. The number of hydrogen-bond donors (Lipinski definition) is 2. The van der Waals surface area contributed by atoms with Crippen LogP contribution in [0.2, 0.25) is 0 Å². The molecule has 1 saturated heterocycles. The van der Waals surface area contributed by atoms with Crippen molar-refractivity contribution in [1.82, 2.24) is 15.2 Å². The molecule has 0 atom stereocenters. The largest absolute Gasteiger partial charge is 0.339 e. The number of H-pyrrole nitrogens is 1. The van der Waals surface area contributed by atoms with E-state index in [1.165, 1.54) is 0 Å². The van der Waals surface area contributed by atoms with Gasteiger partial charge in [-0.25, -0.2) is 0 Å². The first kappa shape index (κ1) is 13.5. The molecule has 0 bridgehead atoms. The third kappa shape index (κ3) is 2.86. The molecule has 2 aromatic rings. The fourth-order valence-corrected chi connectivity index (χ4v) is 4.92. The van der Waals surface area contributed by atoms with E-state index in [0.29, 0.717) is 6.04 Å². The molecule has 5 nitrogen and oxygen atoms in total. The Kier molecular flexibility index (Phi) is 3.93. The topological polar surface area (TPSA) is 70.8 Å². The molecule has 102 valence electrons. The van der Waals surface area contributed by atoms with Gasteiger partial charge in [0.25, 0.3) is 0 Å². The van der Waals surface area contributed by atoms with Crippen LogP contribution >= 0.6 is 43.2 Å². The van der Waals surface area contributed by atoms with E-state index in [9.17, 15) is 0 Å². The van der Waals surface area contributed by atoms with Gasteiger partial charge in [0.1, 0.15) is 0 Å². The Balaban J connectivity index is 1.81. The summed E-state index contributed by atoms with van der Waals surface area (Å²) in [6.45, 7) is 1.85. The monoisotopic (exact) mass is 405 g/mol. The average Bonchev–Trinajstić information content (AvgIpc) is 2.97. The van der Waals surface area contributed by atoms with Gasteiger partial charge in [-0.2, -0.15) is 4.98 Å². The molecule has 0 aromatic carbocycles. The molecule has 3 N–H and O–H groups in total. The lowest BCUT2D eigenvalue weighted by Gasteiger charge is -2.28. The van der Waals surface area contributed by atoms with Gasteiger partial charge in [0.15, 0.2) is 5.82 Å². The number of halogens is 2. The van der Waals surface area contributed by atoms with E-state index in [4.69, 9.17) is 5.73 Å². The standard InChI is InChI=1S/C11H13Br2N5S/c12-8-5-7(9(13)19-8)10-15-11(17-16-10)18-3-1-6(14)2-4-18/h5-6H,1-4,14H2,(H,15,16,17). The maximum Gasteiger partial charge on any atom is 0.245 e. The molecule has 0 spiro atoms. The maximum absolute atomic E-state index is 5.91. The van der Waals surface area contributed by atoms with Gasteiger partial charge in [-0.15, -0.1) is 16.4 Å². The van der Waals surface area contributed by atoms with Gasteiger partial charge in [0, 0.05) is 24.7 Å². The summed E-state index contributed by atoms with van der Waals surface area (Å²) >= 11 is 8.63. The molecule has 0 amide bonds. The van der Waals surface area contributed by atoms with E-state index in [1.54, 1.807) is 11.3 Å². The highest BCUT2D eigenvalue weighted by atomic mass is 79.9. The predicted molar refractivity (Wildman–Crippen MR) is 84.5 cm³/mol. The first-order chi connectivity index (χ1) is 9.13. The number of aromatic amines is 1. The van der Waals surface area contributed by atoms with Crippen molar-refractivity contribution in [2.75, 3.05) is 18.0 Å². The molecule has 19 heavy (non-hydrogen) atoms. The quantitative estimate of drug-likeness (QED) is 0.804. The minimum absolute atomic E-state index is 0.316. The van der Waals surface area contributed by atoms with E-state index in [2.05, 4.69) is 51.9 Å². The molecular weight excluding hydrogens is 394 g/mol. The van der Waals surface area contributed by atoms with Crippen LogP contribution in [0.1, 0.15) is 12.8 Å². The van der Waals surface area contributed by atoms with E-state index in [-0.39, 0.29) is 0 Å². The Morgan fingerprint density at radius 2 is 2.11 bits per heavy atom. The van der Waals surface area contributed by atoms with Crippen molar-refractivity contribution in [3.05, 3.63) is 13.6 Å². The summed E-state index contributed by atoms with van der Waals surface area (Å²) in [5.41, 5.74) is 6.94. The van der Waals surface area contributed by atoms with Gasteiger partial charge in [-0.05, 0) is 50.8 Å². The second kappa shape index (κ2) is 5.51. The minimum Gasteiger partial charge on any atom is -0.339 e. The summed E-state index contributed by atoms with van der Waals surface area (Å²) in [4.78, 5) is 6.76. The highest BCUT2D eigenvalue weighted by Crippen LogP contribution is 2.37. The molecule has 0 aliphatic carbocycles. The molecular formula is C11H13Br2N5S. The smallest absolute Gasteiger partial charge is 0.245 e. The Bertz CT molecular complexity index is 573. The maximum atomic E-state index is 5.91. The van der Waals surface area contributed by atoms with Gasteiger partial charge < -0.3 is 10.6 Å². The lowest BCUT2D eigenvalue weighted by Crippen LogP contribution is -2.40. The summed E-state index contributed by atoms with van der Waals surface area (Å²) in [5.74, 6) is 1.55. The second-order valence-electron chi connectivity index (χ2n) is 4.55. The fourth-order valence-electron chi connectivity index (χ4n) is 2.12. The number of piperidine rings is 1. The molecule has 1 aliphatic heterocycles. The minimum atomic E-state index is 0.316. The zero-order valence-electron chi connectivity index (χ0n) is 10.1. The van der Waals surface area contributed by atoms with Crippen LogP contribution in [0.15, 0.2) is 13.6 Å². The lowest BCUT2D eigenvalue weighted by atomic mass is 10.1. The molecule has 2 aromatic heterocycles. The molecule has 0 saturated carbocycles. The van der Waals surface area contributed by atoms with Crippen molar-refractivity contribution in [3.8, 4) is 11.4 Å². The Labute approximate surface area is 131 Å². The van der Waals surface area contributed by atoms with Crippen LogP contribution < -0.4 is 10.6 Å². The SMILES string of the molecule is NC1CCN(c2n[nH]c(-c3cc(Br)sc3Br)n2)CC1. The number of nitrogens with two attached hydrogens (primary N) is 1. The summed E-state index contributed by atoms with van der Waals surface area (Å²) in [5, 5.41) is 7.32. The Morgan fingerprint density at radius 3 is 2.74 bits per heavy atom. The van der Waals surface area contributed by atoms with Crippen molar-refractivity contribution in [1.29, 1.82) is 0 Å². The molecule has 3 heterocycles. The van der Waals surface area contributed by atoms with Gasteiger partial charge in [0.05, 0.1) is 7.57 Å². The second-order valence-corrected chi connectivity index (χ2v) is 8.30.